The molecule has 3 nitrogen and oxygen atoms in total. The van der Waals surface area contributed by atoms with E-state index in [1.165, 1.54) is 71.4 Å². The van der Waals surface area contributed by atoms with E-state index in [1.54, 1.807) is 0 Å². The van der Waals surface area contributed by atoms with E-state index in [0.29, 0.717) is 0 Å². The fraction of sp³-hybridized carbons (Fsp3) is 0.0156. The van der Waals surface area contributed by atoms with Crippen molar-refractivity contribution in [3.63, 3.8) is 0 Å². The van der Waals surface area contributed by atoms with Crippen LogP contribution in [0.5, 0.6) is 0 Å². The highest BCUT2D eigenvalue weighted by Crippen LogP contribution is 2.57. The van der Waals surface area contributed by atoms with E-state index in [9.17, 15) is 0 Å². The first-order valence-corrected chi connectivity index (χ1v) is 23.0. The Balaban J connectivity index is 0.895. The Morgan fingerprint density at radius 2 is 0.955 bits per heavy atom. The lowest BCUT2D eigenvalue weighted by atomic mass is 9.67. The molecule has 10 aromatic carbocycles. The maximum atomic E-state index is 5.44. The molecule has 0 N–H and O–H groups in total. The first-order chi connectivity index (χ1) is 33.2. The molecule has 0 fully saturated rings. The second-order valence-corrected chi connectivity index (χ2v) is 17.9. The third kappa shape index (κ3) is 5.62. The molecule has 0 bridgehead atoms. The van der Waals surface area contributed by atoms with Gasteiger partial charge >= 0.3 is 0 Å². The van der Waals surface area contributed by atoms with E-state index < -0.39 is 5.41 Å². The van der Waals surface area contributed by atoms with E-state index in [1.807, 2.05) is 24.5 Å². The molecule has 3 heteroatoms. The summed E-state index contributed by atoms with van der Waals surface area (Å²) < 4.78 is 0. The van der Waals surface area contributed by atoms with Crippen molar-refractivity contribution < 1.29 is 0 Å². The molecule has 310 valence electrons. The first kappa shape index (κ1) is 37.6. The second-order valence-electron chi connectivity index (χ2n) is 17.9. The Morgan fingerprint density at radius 1 is 0.299 bits per heavy atom. The maximum Gasteiger partial charge on any atom is 0.0970 e. The number of fused-ring (bicyclic) bond motifs is 12. The normalized spacial score (nSPS) is 12.9. The Kier molecular flexibility index (Phi) is 8.20. The van der Waals surface area contributed by atoms with Gasteiger partial charge in [0.25, 0.3) is 0 Å². The summed E-state index contributed by atoms with van der Waals surface area (Å²) in [6, 6.07) is 82.3. The van der Waals surface area contributed by atoms with Crippen LogP contribution in [0.3, 0.4) is 0 Å². The third-order valence-electron chi connectivity index (χ3n) is 14.4. The minimum Gasteiger partial charge on any atom is -0.254 e. The maximum absolute atomic E-state index is 5.44. The van der Waals surface area contributed by atoms with Gasteiger partial charge in [-0.1, -0.05) is 176 Å². The molecule has 0 saturated heterocycles. The molecule has 1 aliphatic rings. The van der Waals surface area contributed by atoms with Crippen LogP contribution in [0.15, 0.2) is 237 Å². The van der Waals surface area contributed by atoms with Gasteiger partial charge in [-0.3, -0.25) is 9.97 Å². The molecule has 1 aliphatic carbocycles. The SMILES string of the molecule is c1ccc(C2(c3ccccc3)c3ccccc3-c3cc4c(-c5ccc(-c6ccc7ccc8cc(-c9cc%10cccnc%10c%10ncccc9%10)ccc8c7c6)cc5)nc5ccccc5c4cc32)cc1. The van der Waals surface area contributed by atoms with Crippen LogP contribution in [0.2, 0.25) is 0 Å². The van der Waals surface area contributed by atoms with Crippen molar-refractivity contribution >= 4 is 65.0 Å². The highest BCUT2D eigenvalue weighted by atomic mass is 14.7. The van der Waals surface area contributed by atoms with Gasteiger partial charge in [0.1, 0.15) is 0 Å². The third-order valence-corrected chi connectivity index (χ3v) is 14.4. The van der Waals surface area contributed by atoms with E-state index in [0.717, 1.165) is 60.5 Å². The van der Waals surface area contributed by atoms with Crippen molar-refractivity contribution in [2.45, 2.75) is 5.41 Å². The predicted octanol–water partition coefficient (Wildman–Crippen LogP) is 16.2. The number of nitrogens with zero attached hydrogens (tertiary/aromatic N) is 3. The van der Waals surface area contributed by atoms with Crippen LogP contribution in [-0.4, -0.2) is 15.0 Å². The largest absolute Gasteiger partial charge is 0.254 e. The predicted molar refractivity (Wildman–Crippen MR) is 278 cm³/mol. The fourth-order valence-electron chi connectivity index (χ4n) is 11.3. The molecule has 0 aliphatic heterocycles. The molecule has 13 aromatic rings. The van der Waals surface area contributed by atoms with E-state index >= 15 is 0 Å². The van der Waals surface area contributed by atoms with Gasteiger partial charge in [-0.25, -0.2) is 4.98 Å². The topological polar surface area (TPSA) is 38.7 Å². The van der Waals surface area contributed by atoms with Crippen LogP contribution >= 0.6 is 0 Å². The number of benzene rings is 10. The zero-order valence-corrected chi connectivity index (χ0v) is 36.4. The molecule has 0 radical (unpaired) electrons. The van der Waals surface area contributed by atoms with Gasteiger partial charge in [0.15, 0.2) is 0 Å². The quantitative estimate of drug-likeness (QED) is 0.162. The zero-order chi connectivity index (χ0) is 44.1. The standard InChI is InChI=1S/C64H39N3/c1-3-14-47(15-4-1)64(48-16-5-2-6-17-48)58-21-9-7-18-50(58)56-38-57-55(39-59(56)64)51-19-8-10-22-60(51)67-61(57)42-27-23-40(24-28-42)43-29-25-41-26-30-44-35-45(31-32-49(44)53(41)36-43)54-37-46-13-11-33-65-62(46)63-52(54)20-12-34-66-63/h1-39H. The van der Waals surface area contributed by atoms with E-state index in [4.69, 9.17) is 9.97 Å². The van der Waals surface area contributed by atoms with Crippen molar-refractivity contribution in [2.24, 2.45) is 0 Å². The number of para-hydroxylation sites is 1. The minimum absolute atomic E-state index is 0.482. The summed E-state index contributed by atoms with van der Waals surface area (Å²) in [6.07, 6.45) is 3.70. The number of pyridine rings is 3. The van der Waals surface area contributed by atoms with Crippen molar-refractivity contribution in [3.05, 3.63) is 259 Å². The van der Waals surface area contributed by atoms with Gasteiger partial charge in [-0.2, -0.15) is 0 Å². The van der Waals surface area contributed by atoms with Crippen LogP contribution in [0, 0.1) is 0 Å². The molecule has 0 amide bonds. The minimum atomic E-state index is -0.482. The Morgan fingerprint density at radius 3 is 1.79 bits per heavy atom. The lowest BCUT2D eigenvalue weighted by molar-refractivity contribution is 0.769. The fourth-order valence-corrected chi connectivity index (χ4v) is 11.3. The van der Waals surface area contributed by atoms with Gasteiger partial charge in [0, 0.05) is 39.5 Å². The van der Waals surface area contributed by atoms with Crippen LogP contribution in [0.1, 0.15) is 22.3 Å². The number of hydrogen-bond acceptors (Lipinski definition) is 3. The van der Waals surface area contributed by atoms with Crippen LogP contribution in [0.25, 0.3) is 110 Å². The van der Waals surface area contributed by atoms with Crippen LogP contribution < -0.4 is 0 Å². The zero-order valence-electron chi connectivity index (χ0n) is 36.4. The molecule has 3 heterocycles. The summed E-state index contributed by atoms with van der Waals surface area (Å²) >= 11 is 0. The van der Waals surface area contributed by atoms with Gasteiger partial charge in [0.2, 0.25) is 0 Å². The molecule has 14 rings (SSSR count). The molecule has 0 atom stereocenters. The lowest BCUT2D eigenvalue weighted by Crippen LogP contribution is -2.28. The second kappa shape index (κ2) is 14.6. The number of rotatable bonds is 5. The lowest BCUT2D eigenvalue weighted by Gasteiger charge is -2.34. The molecular formula is C64H39N3. The smallest absolute Gasteiger partial charge is 0.0970 e. The Labute approximate surface area is 387 Å². The molecule has 0 spiro atoms. The monoisotopic (exact) mass is 849 g/mol. The highest BCUT2D eigenvalue weighted by Gasteiger charge is 2.46. The van der Waals surface area contributed by atoms with Gasteiger partial charge < -0.3 is 0 Å². The van der Waals surface area contributed by atoms with Crippen molar-refractivity contribution in [1.82, 2.24) is 15.0 Å². The summed E-state index contributed by atoms with van der Waals surface area (Å²) in [5.41, 5.74) is 16.8. The Hall–Kier alpha value is -8.79. The summed E-state index contributed by atoms with van der Waals surface area (Å²) in [5, 5.41) is 10.6. The number of hydrogen-bond donors (Lipinski definition) is 0. The summed E-state index contributed by atoms with van der Waals surface area (Å²) in [5.74, 6) is 0. The molecule has 0 unspecified atom stereocenters. The molecular weight excluding hydrogens is 811 g/mol. The van der Waals surface area contributed by atoms with E-state index in [2.05, 4.69) is 217 Å². The summed E-state index contributed by atoms with van der Waals surface area (Å²) in [7, 11) is 0. The van der Waals surface area contributed by atoms with Crippen LogP contribution in [-0.2, 0) is 5.41 Å². The summed E-state index contributed by atoms with van der Waals surface area (Å²) in [6.45, 7) is 0. The first-order valence-electron chi connectivity index (χ1n) is 23.0. The van der Waals surface area contributed by atoms with Gasteiger partial charge in [-0.15, -0.1) is 0 Å². The van der Waals surface area contributed by atoms with Crippen LogP contribution in [0.4, 0.5) is 0 Å². The van der Waals surface area contributed by atoms with E-state index in [-0.39, 0.29) is 0 Å². The van der Waals surface area contributed by atoms with Crippen molar-refractivity contribution in [1.29, 1.82) is 0 Å². The Bertz CT molecular complexity index is 4100. The van der Waals surface area contributed by atoms with Gasteiger partial charge in [0.05, 0.1) is 27.7 Å². The number of aromatic nitrogens is 3. The molecule has 67 heavy (non-hydrogen) atoms. The molecule has 3 aromatic heterocycles. The average Bonchev–Trinajstić information content (AvgIpc) is 3.70. The van der Waals surface area contributed by atoms with Crippen molar-refractivity contribution in [2.75, 3.05) is 0 Å². The van der Waals surface area contributed by atoms with Crippen molar-refractivity contribution in [3.8, 4) is 44.6 Å². The summed E-state index contributed by atoms with van der Waals surface area (Å²) in [4.78, 5) is 14.9. The highest BCUT2D eigenvalue weighted by molar-refractivity contribution is 6.15. The average molecular weight is 850 g/mol. The molecule has 0 saturated carbocycles. The van der Waals surface area contributed by atoms with Gasteiger partial charge in [-0.05, 0) is 131 Å².